The number of fused-ring (bicyclic) bond motifs is 1. The fraction of sp³-hybridized carbons (Fsp3) is 0.0625. The molecule has 0 amide bonds. The van der Waals surface area contributed by atoms with E-state index < -0.39 is 0 Å². The van der Waals surface area contributed by atoms with E-state index in [1.165, 1.54) is 12.1 Å². The quantitative estimate of drug-likeness (QED) is 0.591. The van der Waals surface area contributed by atoms with E-state index in [4.69, 9.17) is 5.73 Å². The highest BCUT2D eigenvalue weighted by molar-refractivity contribution is 5.77. The Kier molecular flexibility index (Phi) is 3.46. The van der Waals surface area contributed by atoms with Crippen LogP contribution in [0, 0.1) is 5.82 Å². The predicted molar refractivity (Wildman–Crippen MR) is 91.4 cm³/mol. The lowest BCUT2D eigenvalue weighted by Crippen LogP contribution is -2.01. The molecule has 1 aromatic carbocycles. The molecule has 0 atom stereocenters. The fourth-order valence-electron chi connectivity index (χ4n) is 2.43. The number of imidazole rings is 1. The molecule has 0 aliphatic heterocycles. The predicted octanol–water partition coefficient (Wildman–Crippen LogP) is 2.29. The molecule has 0 saturated heterocycles. The second-order valence-corrected chi connectivity index (χ2v) is 5.33. The van der Waals surface area contributed by atoms with Gasteiger partial charge in [0.25, 0.3) is 0 Å². The minimum atomic E-state index is -0.303. The maximum atomic E-state index is 13.0. The number of halogens is 1. The summed E-state index contributed by atoms with van der Waals surface area (Å²) in [6.07, 6.45) is 3.19. The van der Waals surface area contributed by atoms with E-state index in [0.717, 1.165) is 0 Å². The maximum Gasteiger partial charge on any atom is 0.229 e. The number of nitrogens with one attached hydrogen (secondary N) is 1. The Balaban J connectivity index is 1.73. The zero-order chi connectivity index (χ0) is 17.4. The lowest BCUT2D eigenvalue weighted by Gasteiger charge is -2.05. The largest absolute Gasteiger partial charge is 0.368 e. The van der Waals surface area contributed by atoms with Gasteiger partial charge in [0.1, 0.15) is 17.0 Å². The monoisotopic (exact) mass is 336 g/mol. The number of nitrogen functional groups attached to an aromatic ring is 1. The second kappa shape index (κ2) is 5.78. The number of nitrogens with zero attached hydrogens (tertiary/aromatic N) is 6. The summed E-state index contributed by atoms with van der Waals surface area (Å²) in [6.45, 7) is 0. The van der Waals surface area contributed by atoms with Crippen LogP contribution in [0.25, 0.3) is 22.7 Å². The second-order valence-electron chi connectivity index (χ2n) is 5.33. The molecule has 0 fully saturated rings. The van der Waals surface area contributed by atoms with Crippen LogP contribution in [0.3, 0.4) is 0 Å². The van der Waals surface area contributed by atoms with E-state index in [0.29, 0.717) is 34.3 Å². The third-order valence-electron chi connectivity index (χ3n) is 3.62. The van der Waals surface area contributed by atoms with E-state index in [-0.39, 0.29) is 11.8 Å². The molecule has 0 aliphatic carbocycles. The van der Waals surface area contributed by atoms with Crippen LogP contribution in [0.4, 0.5) is 22.0 Å². The van der Waals surface area contributed by atoms with Crippen LogP contribution in [-0.4, -0.2) is 29.5 Å². The number of aromatic nitrogens is 6. The lowest BCUT2D eigenvalue weighted by molar-refractivity contribution is 0.628. The molecule has 0 spiro atoms. The molecule has 0 saturated carbocycles. The van der Waals surface area contributed by atoms with Crippen molar-refractivity contribution in [3.05, 3.63) is 48.5 Å². The first kappa shape index (κ1) is 14.9. The number of nitrogens with two attached hydrogens (primary N) is 1. The van der Waals surface area contributed by atoms with E-state index >= 15 is 0 Å². The molecule has 25 heavy (non-hydrogen) atoms. The van der Waals surface area contributed by atoms with Gasteiger partial charge in [0.15, 0.2) is 11.5 Å². The zero-order valence-corrected chi connectivity index (χ0v) is 13.2. The Bertz CT molecular complexity index is 1060. The Labute approximate surface area is 141 Å². The van der Waals surface area contributed by atoms with Crippen molar-refractivity contribution >= 4 is 28.7 Å². The van der Waals surface area contributed by atoms with Gasteiger partial charge in [-0.1, -0.05) is 0 Å². The molecule has 9 heteroatoms. The van der Waals surface area contributed by atoms with Gasteiger partial charge in [-0.2, -0.15) is 4.98 Å². The Morgan fingerprint density at radius 1 is 1.04 bits per heavy atom. The third-order valence-corrected chi connectivity index (χ3v) is 3.62. The highest BCUT2D eigenvalue weighted by atomic mass is 19.1. The molecule has 124 valence electrons. The van der Waals surface area contributed by atoms with Gasteiger partial charge in [-0.25, -0.2) is 24.3 Å². The Morgan fingerprint density at radius 2 is 1.84 bits per heavy atom. The highest BCUT2D eigenvalue weighted by Gasteiger charge is 2.14. The zero-order valence-electron chi connectivity index (χ0n) is 13.2. The van der Waals surface area contributed by atoms with Crippen molar-refractivity contribution in [3.8, 4) is 11.5 Å². The van der Waals surface area contributed by atoms with Crippen LogP contribution in [-0.2, 0) is 7.05 Å². The number of anilines is 3. The van der Waals surface area contributed by atoms with Gasteiger partial charge >= 0.3 is 0 Å². The molecule has 3 heterocycles. The highest BCUT2D eigenvalue weighted by Crippen LogP contribution is 2.22. The van der Waals surface area contributed by atoms with E-state index in [2.05, 4.69) is 30.2 Å². The third kappa shape index (κ3) is 2.82. The number of aryl methyl sites for hydroxylation is 1. The summed E-state index contributed by atoms with van der Waals surface area (Å²) >= 11 is 0. The average Bonchev–Trinajstić information content (AvgIpc) is 2.94. The summed E-state index contributed by atoms with van der Waals surface area (Å²) in [6, 6.07) is 7.68. The number of rotatable bonds is 3. The Morgan fingerprint density at radius 3 is 2.60 bits per heavy atom. The minimum absolute atomic E-state index is 0.175. The SMILES string of the molecule is Cn1c(-c2ccnc(N)n2)nc2cnc(Nc3ccc(F)cc3)nc21. The average molecular weight is 336 g/mol. The number of hydrogen-bond donors (Lipinski definition) is 2. The van der Waals surface area contributed by atoms with E-state index in [1.807, 2.05) is 7.05 Å². The van der Waals surface area contributed by atoms with Crippen molar-refractivity contribution in [3.63, 3.8) is 0 Å². The van der Waals surface area contributed by atoms with Gasteiger partial charge in [0.2, 0.25) is 11.9 Å². The van der Waals surface area contributed by atoms with Gasteiger partial charge in [-0.3, -0.25) is 0 Å². The molecular formula is C16H13FN8. The molecule has 0 unspecified atom stereocenters. The topological polar surface area (TPSA) is 107 Å². The van der Waals surface area contributed by atoms with Gasteiger partial charge in [-0.05, 0) is 30.3 Å². The van der Waals surface area contributed by atoms with Crippen LogP contribution in [0.2, 0.25) is 0 Å². The first-order valence-corrected chi connectivity index (χ1v) is 7.41. The number of hydrogen-bond acceptors (Lipinski definition) is 7. The van der Waals surface area contributed by atoms with Gasteiger partial charge in [-0.15, -0.1) is 0 Å². The Hall–Kier alpha value is -3.62. The van der Waals surface area contributed by atoms with Crippen molar-refractivity contribution in [2.45, 2.75) is 0 Å². The standard InChI is InChI=1S/C16H13FN8/c1-25-13(11-6-7-19-15(18)23-11)22-12-8-20-16(24-14(12)25)21-10-4-2-9(17)3-5-10/h2-8H,1H3,(H2,18,19,23)(H,20,21,24). The number of benzene rings is 1. The van der Waals surface area contributed by atoms with E-state index in [9.17, 15) is 4.39 Å². The van der Waals surface area contributed by atoms with Gasteiger partial charge < -0.3 is 15.6 Å². The van der Waals surface area contributed by atoms with Crippen LogP contribution >= 0.6 is 0 Å². The summed E-state index contributed by atoms with van der Waals surface area (Å²) in [4.78, 5) is 21.3. The van der Waals surface area contributed by atoms with Crippen molar-refractivity contribution in [2.24, 2.45) is 7.05 Å². The van der Waals surface area contributed by atoms with E-state index in [1.54, 1.807) is 35.2 Å². The molecule has 3 aromatic heterocycles. The first-order valence-electron chi connectivity index (χ1n) is 7.41. The van der Waals surface area contributed by atoms with Gasteiger partial charge in [0.05, 0.1) is 6.20 Å². The van der Waals surface area contributed by atoms with Crippen molar-refractivity contribution in [1.29, 1.82) is 0 Å². The summed E-state index contributed by atoms with van der Waals surface area (Å²) in [5.41, 5.74) is 8.18. The van der Waals surface area contributed by atoms with Crippen molar-refractivity contribution in [2.75, 3.05) is 11.1 Å². The normalized spacial score (nSPS) is 11.0. The summed E-state index contributed by atoms with van der Waals surface area (Å²) in [5, 5.41) is 3.03. The van der Waals surface area contributed by atoms with Gasteiger partial charge in [0, 0.05) is 18.9 Å². The van der Waals surface area contributed by atoms with Crippen molar-refractivity contribution < 1.29 is 4.39 Å². The molecular weight excluding hydrogens is 323 g/mol. The summed E-state index contributed by atoms with van der Waals surface area (Å²) in [7, 11) is 1.83. The molecule has 3 N–H and O–H groups in total. The lowest BCUT2D eigenvalue weighted by atomic mass is 10.3. The summed E-state index contributed by atoms with van der Waals surface area (Å²) in [5.74, 6) is 0.866. The molecule has 0 bridgehead atoms. The van der Waals surface area contributed by atoms with Crippen LogP contribution < -0.4 is 11.1 Å². The molecule has 4 rings (SSSR count). The molecule has 0 radical (unpaired) electrons. The summed E-state index contributed by atoms with van der Waals surface area (Å²) < 4.78 is 14.8. The fourth-order valence-corrected chi connectivity index (χ4v) is 2.43. The minimum Gasteiger partial charge on any atom is -0.368 e. The molecule has 0 aliphatic rings. The first-order chi connectivity index (χ1) is 12.1. The van der Waals surface area contributed by atoms with Crippen LogP contribution in [0.15, 0.2) is 42.7 Å². The molecule has 4 aromatic rings. The maximum absolute atomic E-state index is 13.0. The van der Waals surface area contributed by atoms with Crippen molar-refractivity contribution in [1.82, 2.24) is 29.5 Å². The smallest absolute Gasteiger partial charge is 0.229 e. The molecule has 8 nitrogen and oxygen atoms in total. The van der Waals surface area contributed by atoms with Crippen LogP contribution in [0.1, 0.15) is 0 Å². The van der Waals surface area contributed by atoms with Crippen LogP contribution in [0.5, 0.6) is 0 Å².